The lowest BCUT2D eigenvalue weighted by Gasteiger charge is -2.33. The summed E-state index contributed by atoms with van der Waals surface area (Å²) in [5.74, 6) is -1.91. The Kier molecular flexibility index (Phi) is 7.84. The van der Waals surface area contributed by atoms with E-state index in [2.05, 4.69) is 10.6 Å². The van der Waals surface area contributed by atoms with Gasteiger partial charge >= 0.3 is 6.18 Å². The van der Waals surface area contributed by atoms with Gasteiger partial charge in [0.1, 0.15) is 30.0 Å². The van der Waals surface area contributed by atoms with Gasteiger partial charge in [-0.05, 0) is 60.5 Å². The Morgan fingerprint density at radius 1 is 0.956 bits per heavy atom. The highest BCUT2D eigenvalue weighted by molar-refractivity contribution is 6.04. The smallest absolute Gasteiger partial charge is 0.416 e. The average molecular weight is 615 g/mol. The Labute approximate surface area is 255 Å². The number of amides is 2. The molecule has 0 fully saturated rings. The van der Waals surface area contributed by atoms with Crippen LogP contribution in [-0.4, -0.2) is 27.6 Å². The Morgan fingerprint density at radius 3 is 2.42 bits per heavy atom. The minimum absolute atomic E-state index is 0.263. The lowest BCUT2D eigenvalue weighted by atomic mass is 9.81. The Morgan fingerprint density at radius 2 is 1.69 bits per heavy atom. The maximum absolute atomic E-state index is 13.9. The van der Waals surface area contributed by atoms with Crippen molar-refractivity contribution in [2.45, 2.75) is 31.7 Å². The van der Waals surface area contributed by atoms with E-state index in [1.165, 1.54) is 30.3 Å². The SMILES string of the molecule is Cc1nn(-c2cccc(OCc3ccccc3)c2)c2c1[C@H](c1ccc(F)cc1)[C@@H](NC(=O)c1cccc(C(F)(F)F)c1)C(=O)N2. The Bertz CT molecular complexity index is 1870. The quantitative estimate of drug-likeness (QED) is 0.198. The number of carbonyl (C=O) groups excluding carboxylic acids is 2. The summed E-state index contributed by atoms with van der Waals surface area (Å²) in [7, 11) is 0. The topological polar surface area (TPSA) is 85.2 Å². The molecule has 2 atom stereocenters. The Hall–Kier alpha value is -5.45. The third-order valence-electron chi connectivity index (χ3n) is 7.55. The van der Waals surface area contributed by atoms with Crippen LogP contribution in [0.2, 0.25) is 0 Å². The maximum atomic E-state index is 13.9. The van der Waals surface area contributed by atoms with Gasteiger partial charge in [0.05, 0.1) is 16.9 Å². The zero-order chi connectivity index (χ0) is 31.7. The number of rotatable bonds is 7. The number of halogens is 4. The van der Waals surface area contributed by atoms with Gasteiger partial charge in [0.25, 0.3) is 5.91 Å². The molecule has 0 bridgehead atoms. The highest BCUT2D eigenvalue weighted by Crippen LogP contribution is 2.41. The second-order valence-electron chi connectivity index (χ2n) is 10.6. The second-order valence-corrected chi connectivity index (χ2v) is 10.6. The van der Waals surface area contributed by atoms with Crippen LogP contribution in [0.5, 0.6) is 5.75 Å². The molecule has 5 aromatic rings. The summed E-state index contributed by atoms with van der Waals surface area (Å²) in [6, 6.07) is 25.0. The fraction of sp³-hybridized carbons (Fsp3) is 0.147. The summed E-state index contributed by atoms with van der Waals surface area (Å²) in [6.45, 7) is 2.09. The van der Waals surface area contributed by atoms with Gasteiger partial charge in [-0.25, -0.2) is 9.07 Å². The molecule has 6 rings (SSSR count). The van der Waals surface area contributed by atoms with Crippen molar-refractivity contribution in [3.8, 4) is 11.4 Å². The monoisotopic (exact) mass is 614 g/mol. The lowest BCUT2D eigenvalue weighted by Crippen LogP contribution is -2.50. The number of nitrogens with zero attached hydrogens (tertiary/aromatic N) is 2. The molecular weight excluding hydrogens is 588 g/mol. The third kappa shape index (κ3) is 6.14. The zero-order valence-electron chi connectivity index (χ0n) is 23.8. The number of anilines is 1. The predicted octanol–water partition coefficient (Wildman–Crippen LogP) is 6.80. The van der Waals surface area contributed by atoms with Gasteiger partial charge in [-0.3, -0.25) is 9.59 Å². The van der Waals surface area contributed by atoms with E-state index in [0.717, 1.165) is 23.8 Å². The van der Waals surface area contributed by atoms with Crippen molar-refractivity contribution in [1.82, 2.24) is 15.1 Å². The number of hydrogen-bond donors (Lipinski definition) is 2. The molecular formula is C34H26F4N4O3. The molecule has 0 spiro atoms. The highest BCUT2D eigenvalue weighted by atomic mass is 19.4. The van der Waals surface area contributed by atoms with Gasteiger partial charge in [0.15, 0.2) is 0 Å². The molecule has 0 aliphatic carbocycles. The van der Waals surface area contributed by atoms with E-state index < -0.39 is 41.3 Å². The first-order valence-corrected chi connectivity index (χ1v) is 14.0. The van der Waals surface area contributed by atoms with Crippen molar-refractivity contribution in [3.63, 3.8) is 0 Å². The number of aromatic nitrogens is 2. The molecule has 1 aromatic heterocycles. The van der Waals surface area contributed by atoms with E-state index in [0.29, 0.717) is 40.7 Å². The predicted molar refractivity (Wildman–Crippen MR) is 159 cm³/mol. The zero-order valence-corrected chi connectivity index (χ0v) is 23.8. The lowest BCUT2D eigenvalue weighted by molar-refractivity contribution is -0.137. The van der Waals surface area contributed by atoms with E-state index in [1.807, 2.05) is 30.3 Å². The largest absolute Gasteiger partial charge is 0.489 e. The van der Waals surface area contributed by atoms with Crippen molar-refractivity contribution in [2.75, 3.05) is 5.32 Å². The molecule has 4 aromatic carbocycles. The highest BCUT2D eigenvalue weighted by Gasteiger charge is 2.42. The molecule has 0 saturated heterocycles. The summed E-state index contributed by atoms with van der Waals surface area (Å²) in [4.78, 5) is 26.9. The summed E-state index contributed by atoms with van der Waals surface area (Å²) in [6.07, 6.45) is -4.65. The van der Waals surface area contributed by atoms with Crippen LogP contribution < -0.4 is 15.4 Å². The first-order valence-electron chi connectivity index (χ1n) is 14.0. The van der Waals surface area contributed by atoms with Crippen LogP contribution in [0.4, 0.5) is 23.4 Å². The van der Waals surface area contributed by atoms with Gasteiger partial charge < -0.3 is 15.4 Å². The van der Waals surface area contributed by atoms with Crippen LogP contribution >= 0.6 is 0 Å². The number of fused-ring (bicyclic) bond motifs is 1. The number of hydrogen-bond acceptors (Lipinski definition) is 4. The van der Waals surface area contributed by atoms with Gasteiger partial charge in [-0.2, -0.15) is 18.3 Å². The number of benzene rings is 4. The molecule has 0 unspecified atom stereocenters. The van der Waals surface area contributed by atoms with Crippen molar-refractivity contribution in [1.29, 1.82) is 0 Å². The van der Waals surface area contributed by atoms with Crippen LogP contribution in [0, 0.1) is 12.7 Å². The van der Waals surface area contributed by atoms with Gasteiger partial charge in [0, 0.05) is 23.1 Å². The molecule has 0 saturated carbocycles. The summed E-state index contributed by atoms with van der Waals surface area (Å²) < 4.78 is 61.4. The number of nitrogens with one attached hydrogen (secondary N) is 2. The molecule has 1 aliphatic heterocycles. The normalized spacial score (nSPS) is 16.1. The van der Waals surface area contributed by atoms with E-state index in [4.69, 9.17) is 9.84 Å². The third-order valence-corrected chi connectivity index (χ3v) is 7.55. The van der Waals surface area contributed by atoms with Crippen LogP contribution in [0.3, 0.4) is 0 Å². The molecule has 2 heterocycles. The number of alkyl halides is 3. The average Bonchev–Trinajstić information content (AvgIpc) is 3.36. The van der Waals surface area contributed by atoms with Crippen molar-refractivity contribution in [2.24, 2.45) is 0 Å². The van der Waals surface area contributed by atoms with Crippen molar-refractivity contribution >= 4 is 17.6 Å². The second kappa shape index (κ2) is 11.9. The molecule has 2 N–H and O–H groups in total. The fourth-order valence-electron chi connectivity index (χ4n) is 5.42. The van der Waals surface area contributed by atoms with E-state index in [-0.39, 0.29) is 5.56 Å². The molecule has 45 heavy (non-hydrogen) atoms. The minimum Gasteiger partial charge on any atom is -0.489 e. The number of carbonyl (C=O) groups is 2. The summed E-state index contributed by atoms with van der Waals surface area (Å²) in [5, 5.41) is 10.1. The van der Waals surface area contributed by atoms with Crippen molar-refractivity contribution < 1.29 is 31.9 Å². The van der Waals surface area contributed by atoms with Crippen molar-refractivity contribution in [3.05, 3.63) is 142 Å². The standard InChI is InChI=1S/C34H26F4N4O3/c1-20-28-29(22-13-15-25(35)16-14-22)30(39-32(43)23-9-5-10-24(17-23)34(36,37)38)33(44)40-31(28)42(41-20)26-11-6-12-27(18-26)45-19-21-7-3-2-4-8-21/h2-18,29-30H,19H2,1H3,(H,39,43)(H,40,44)/t29-,30+/m0/s1. The number of ether oxygens (including phenoxy) is 1. The summed E-state index contributed by atoms with van der Waals surface area (Å²) >= 11 is 0. The molecule has 0 radical (unpaired) electrons. The minimum atomic E-state index is -4.65. The van der Waals surface area contributed by atoms with Crippen LogP contribution in [-0.2, 0) is 17.6 Å². The maximum Gasteiger partial charge on any atom is 0.416 e. The Balaban J connectivity index is 1.36. The van der Waals surface area contributed by atoms with E-state index in [9.17, 15) is 27.2 Å². The van der Waals surface area contributed by atoms with Gasteiger partial charge in [0.2, 0.25) is 5.91 Å². The summed E-state index contributed by atoms with van der Waals surface area (Å²) in [5.41, 5.74) is 1.91. The molecule has 2 amide bonds. The molecule has 11 heteroatoms. The molecule has 228 valence electrons. The first-order chi connectivity index (χ1) is 21.6. The fourth-order valence-corrected chi connectivity index (χ4v) is 5.42. The van der Waals surface area contributed by atoms with Crippen LogP contribution in [0.15, 0.2) is 103 Å². The van der Waals surface area contributed by atoms with Crippen LogP contribution in [0.25, 0.3) is 5.69 Å². The van der Waals surface area contributed by atoms with Crippen LogP contribution in [0.1, 0.15) is 44.2 Å². The van der Waals surface area contributed by atoms with E-state index in [1.54, 1.807) is 35.9 Å². The first kappa shape index (κ1) is 29.6. The number of aryl methyl sites for hydroxylation is 1. The molecule has 7 nitrogen and oxygen atoms in total. The molecule has 1 aliphatic rings. The van der Waals surface area contributed by atoms with Gasteiger partial charge in [-0.15, -0.1) is 0 Å². The van der Waals surface area contributed by atoms with E-state index >= 15 is 0 Å². The van der Waals surface area contributed by atoms with Gasteiger partial charge in [-0.1, -0.05) is 54.6 Å².